The summed E-state index contributed by atoms with van der Waals surface area (Å²) >= 11 is 2.33. The van der Waals surface area contributed by atoms with E-state index in [9.17, 15) is 0 Å². The lowest BCUT2D eigenvalue weighted by atomic mass is 9.72. The maximum Gasteiger partial charge on any atom is 0.136 e. The third-order valence-electron chi connectivity index (χ3n) is 4.25. The predicted octanol–water partition coefficient (Wildman–Crippen LogP) is 5.74. The number of hydrogen-bond acceptors (Lipinski definition) is 2. The van der Waals surface area contributed by atoms with Gasteiger partial charge in [0.15, 0.2) is 0 Å². The second kappa shape index (κ2) is 6.16. The molecule has 0 saturated heterocycles. The Balaban J connectivity index is 2.23. The van der Waals surface area contributed by atoms with Gasteiger partial charge in [-0.25, -0.2) is 5.53 Å². The molecule has 1 aliphatic rings. The van der Waals surface area contributed by atoms with E-state index in [4.69, 9.17) is 5.53 Å². The van der Waals surface area contributed by atoms with E-state index in [0.29, 0.717) is 0 Å². The molecular formula is C19H17IN2. The van der Waals surface area contributed by atoms with Crippen LogP contribution in [0.5, 0.6) is 0 Å². The van der Waals surface area contributed by atoms with Crippen molar-refractivity contribution in [3.05, 3.63) is 93.1 Å². The van der Waals surface area contributed by atoms with Gasteiger partial charge in [-0.2, -0.15) is 5.11 Å². The first-order chi connectivity index (χ1) is 10.7. The highest BCUT2D eigenvalue weighted by molar-refractivity contribution is 14.1. The molecule has 0 spiro atoms. The molecule has 1 N–H and O–H groups in total. The van der Waals surface area contributed by atoms with Crippen molar-refractivity contribution in [3.63, 3.8) is 0 Å². The lowest BCUT2D eigenvalue weighted by Crippen LogP contribution is -2.31. The quantitative estimate of drug-likeness (QED) is 0.504. The highest BCUT2D eigenvalue weighted by Crippen LogP contribution is 2.46. The van der Waals surface area contributed by atoms with Crippen LogP contribution in [0.4, 0.5) is 0 Å². The molecule has 1 aliphatic carbocycles. The molecule has 3 rings (SSSR count). The Kier molecular flexibility index (Phi) is 4.25. The van der Waals surface area contributed by atoms with Gasteiger partial charge in [-0.05, 0) is 58.3 Å². The van der Waals surface area contributed by atoms with Crippen molar-refractivity contribution in [2.75, 3.05) is 0 Å². The zero-order valence-corrected chi connectivity index (χ0v) is 14.5. The van der Waals surface area contributed by atoms with Crippen LogP contribution in [0.3, 0.4) is 0 Å². The van der Waals surface area contributed by atoms with Gasteiger partial charge in [0.1, 0.15) is 5.54 Å². The van der Waals surface area contributed by atoms with E-state index in [0.717, 1.165) is 9.13 Å². The molecule has 110 valence electrons. The summed E-state index contributed by atoms with van der Waals surface area (Å²) in [5.74, 6) is 0.0344. The fourth-order valence-electron chi connectivity index (χ4n) is 3.11. The van der Waals surface area contributed by atoms with Crippen molar-refractivity contribution in [1.82, 2.24) is 0 Å². The van der Waals surface area contributed by atoms with E-state index in [1.807, 2.05) is 24.3 Å². The van der Waals surface area contributed by atoms with Crippen molar-refractivity contribution >= 4 is 22.6 Å². The topological polar surface area (TPSA) is 36.2 Å². The van der Waals surface area contributed by atoms with Gasteiger partial charge in [-0.1, -0.05) is 60.7 Å². The van der Waals surface area contributed by atoms with Crippen LogP contribution in [0.2, 0.25) is 0 Å². The highest BCUT2D eigenvalue weighted by atomic mass is 127. The molecule has 0 radical (unpaired) electrons. The average Bonchev–Trinajstić information content (AvgIpc) is 2.56. The van der Waals surface area contributed by atoms with Gasteiger partial charge in [0.05, 0.1) is 0 Å². The third-order valence-corrected chi connectivity index (χ3v) is 5.19. The van der Waals surface area contributed by atoms with Crippen molar-refractivity contribution in [1.29, 1.82) is 5.53 Å². The second-order valence-corrected chi connectivity index (χ2v) is 6.66. The first-order valence-electron chi connectivity index (χ1n) is 7.24. The van der Waals surface area contributed by atoms with Crippen LogP contribution in [0.1, 0.15) is 22.6 Å². The SMILES string of the molecule is Cc1ccccc1C1C=CC=CC1(N=N)c1ccccc1I. The Morgan fingerprint density at radius 2 is 1.77 bits per heavy atom. The van der Waals surface area contributed by atoms with Crippen LogP contribution in [0.15, 0.2) is 77.9 Å². The summed E-state index contributed by atoms with van der Waals surface area (Å²) in [4.78, 5) is 0. The fraction of sp³-hybridized carbons (Fsp3) is 0.158. The first kappa shape index (κ1) is 15.2. The van der Waals surface area contributed by atoms with Crippen molar-refractivity contribution in [3.8, 4) is 0 Å². The third kappa shape index (κ3) is 2.43. The van der Waals surface area contributed by atoms with Crippen molar-refractivity contribution in [2.45, 2.75) is 18.4 Å². The lowest BCUT2D eigenvalue weighted by molar-refractivity contribution is 0.460. The number of benzene rings is 2. The summed E-state index contributed by atoms with van der Waals surface area (Å²) in [7, 11) is 0. The Morgan fingerprint density at radius 1 is 1.05 bits per heavy atom. The molecule has 0 bridgehead atoms. The summed E-state index contributed by atoms with van der Waals surface area (Å²) in [6.45, 7) is 2.12. The second-order valence-electron chi connectivity index (χ2n) is 5.50. The van der Waals surface area contributed by atoms with Crippen LogP contribution >= 0.6 is 22.6 Å². The van der Waals surface area contributed by atoms with Crippen molar-refractivity contribution in [2.24, 2.45) is 5.11 Å². The summed E-state index contributed by atoms with van der Waals surface area (Å²) < 4.78 is 1.13. The van der Waals surface area contributed by atoms with Gasteiger partial charge >= 0.3 is 0 Å². The van der Waals surface area contributed by atoms with Crippen LogP contribution in [0, 0.1) is 16.0 Å². The summed E-state index contributed by atoms with van der Waals surface area (Å²) in [6.07, 6.45) is 8.25. The Morgan fingerprint density at radius 3 is 2.50 bits per heavy atom. The molecule has 0 aliphatic heterocycles. The van der Waals surface area contributed by atoms with Gasteiger partial charge in [-0.15, -0.1) is 0 Å². The van der Waals surface area contributed by atoms with Crippen molar-refractivity contribution < 1.29 is 0 Å². The Bertz CT molecular complexity index is 764. The number of aryl methyl sites for hydroxylation is 1. The van der Waals surface area contributed by atoms with Gasteiger partial charge in [0, 0.05) is 9.49 Å². The van der Waals surface area contributed by atoms with E-state index >= 15 is 0 Å². The predicted molar refractivity (Wildman–Crippen MR) is 98.2 cm³/mol. The van der Waals surface area contributed by atoms with E-state index in [2.05, 4.69) is 83.2 Å². The number of allylic oxidation sites excluding steroid dienone is 2. The largest absolute Gasteiger partial charge is 0.209 e. The minimum atomic E-state index is -0.668. The van der Waals surface area contributed by atoms with Crippen LogP contribution in [-0.2, 0) is 5.54 Å². The maximum absolute atomic E-state index is 7.97. The number of rotatable bonds is 3. The van der Waals surface area contributed by atoms with Crippen LogP contribution < -0.4 is 0 Å². The van der Waals surface area contributed by atoms with E-state index in [1.54, 1.807) is 0 Å². The molecular weight excluding hydrogens is 383 g/mol. The molecule has 3 heteroatoms. The van der Waals surface area contributed by atoms with Crippen LogP contribution in [-0.4, -0.2) is 0 Å². The monoisotopic (exact) mass is 400 g/mol. The zero-order valence-electron chi connectivity index (χ0n) is 12.3. The zero-order chi connectivity index (χ0) is 15.6. The standard InChI is InChI=1S/C19H17IN2/c1-14-8-2-3-9-15(14)16-10-6-7-13-19(16,22-21)17-11-4-5-12-18(17)20/h2-13,16,21H,1H3. The molecule has 2 unspecified atom stereocenters. The summed E-state index contributed by atoms with van der Waals surface area (Å²) in [5, 5.41) is 4.12. The average molecular weight is 400 g/mol. The molecule has 0 aromatic heterocycles. The summed E-state index contributed by atoms with van der Waals surface area (Å²) in [6, 6.07) is 16.6. The van der Waals surface area contributed by atoms with E-state index in [1.165, 1.54) is 11.1 Å². The van der Waals surface area contributed by atoms with Gasteiger partial charge in [0.2, 0.25) is 0 Å². The first-order valence-corrected chi connectivity index (χ1v) is 8.32. The molecule has 2 nitrogen and oxygen atoms in total. The Hall–Kier alpha value is -1.75. The molecule has 2 aromatic carbocycles. The van der Waals surface area contributed by atoms with Gasteiger partial charge in [0.25, 0.3) is 0 Å². The molecule has 22 heavy (non-hydrogen) atoms. The minimum Gasteiger partial charge on any atom is -0.209 e. The van der Waals surface area contributed by atoms with Gasteiger partial charge < -0.3 is 0 Å². The van der Waals surface area contributed by atoms with Crippen LogP contribution in [0.25, 0.3) is 0 Å². The summed E-state index contributed by atoms with van der Waals surface area (Å²) in [5.41, 5.74) is 10.8. The number of halogens is 1. The van der Waals surface area contributed by atoms with Gasteiger partial charge in [-0.3, -0.25) is 0 Å². The lowest BCUT2D eigenvalue weighted by Gasteiger charge is -2.36. The van der Waals surface area contributed by atoms with E-state index < -0.39 is 5.54 Å². The highest BCUT2D eigenvalue weighted by Gasteiger charge is 2.40. The Labute approximate surface area is 144 Å². The number of nitrogens with zero attached hydrogens (tertiary/aromatic N) is 1. The van der Waals surface area contributed by atoms with E-state index in [-0.39, 0.29) is 5.92 Å². The maximum atomic E-state index is 7.97. The number of hydrogen-bond donors (Lipinski definition) is 1. The molecule has 0 heterocycles. The molecule has 0 fully saturated rings. The minimum absolute atomic E-state index is 0.0344. The fourth-order valence-corrected chi connectivity index (χ4v) is 3.93. The molecule has 2 atom stereocenters. The molecule has 2 aromatic rings. The smallest absolute Gasteiger partial charge is 0.136 e. The molecule has 0 saturated carbocycles. The normalized spacial score (nSPS) is 23.5. The molecule has 0 amide bonds. The number of nitrogens with one attached hydrogen (secondary N) is 1.